The minimum Gasteiger partial charge on any atom is -0.442 e. The highest BCUT2D eigenvalue weighted by Gasteiger charge is 2.41. The van der Waals surface area contributed by atoms with Gasteiger partial charge in [0, 0.05) is 13.0 Å². The third-order valence-corrected chi connectivity index (χ3v) is 5.45. The summed E-state index contributed by atoms with van der Waals surface area (Å²) < 4.78 is 5.99. The highest BCUT2D eigenvalue weighted by molar-refractivity contribution is 5.93. The first kappa shape index (κ1) is 18.3. The van der Waals surface area contributed by atoms with Gasteiger partial charge in [-0.2, -0.15) is 0 Å². The second-order valence-corrected chi connectivity index (χ2v) is 8.73. The van der Waals surface area contributed by atoms with Crippen LogP contribution in [-0.4, -0.2) is 29.0 Å². The minimum atomic E-state index is -0.451. The Morgan fingerprint density at radius 3 is 2.26 bits per heavy atom. The van der Waals surface area contributed by atoms with Crippen molar-refractivity contribution in [2.45, 2.75) is 91.1 Å². The van der Waals surface area contributed by atoms with Crippen molar-refractivity contribution in [3.8, 4) is 0 Å². The standard InChI is InChI=1S/C19H33NO3/c1-18(2,3)12-13-19(4,15-9-6-5-7-10-15)23-17(22)20-14-8-11-16(20)21/h15H,5-14H2,1-4H3. The highest BCUT2D eigenvalue weighted by atomic mass is 16.6. The Morgan fingerprint density at radius 1 is 1.09 bits per heavy atom. The lowest BCUT2D eigenvalue weighted by molar-refractivity contribution is -0.128. The second-order valence-electron chi connectivity index (χ2n) is 8.73. The van der Waals surface area contributed by atoms with Gasteiger partial charge >= 0.3 is 6.09 Å². The number of rotatable bonds is 4. The molecule has 1 unspecified atom stereocenters. The maximum atomic E-state index is 12.5. The van der Waals surface area contributed by atoms with Gasteiger partial charge in [0.15, 0.2) is 0 Å². The van der Waals surface area contributed by atoms with Gasteiger partial charge in [-0.15, -0.1) is 0 Å². The highest BCUT2D eigenvalue weighted by Crippen LogP contribution is 2.40. The fourth-order valence-electron chi connectivity index (χ4n) is 3.77. The van der Waals surface area contributed by atoms with E-state index in [-0.39, 0.29) is 11.3 Å². The maximum Gasteiger partial charge on any atom is 0.417 e. The molecule has 2 aliphatic rings. The first-order chi connectivity index (χ1) is 10.7. The van der Waals surface area contributed by atoms with Crippen LogP contribution in [0.1, 0.15) is 85.5 Å². The van der Waals surface area contributed by atoms with Crippen molar-refractivity contribution in [2.75, 3.05) is 6.54 Å². The summed E-state index contributed by atoms with van der Waals surface area (Å²) in [6, 6.07) is 0. The van der Waals surface area contributed by atoms with Crippen molar-refractivity contribution in [1.82, 2.24) is 4.90 Å². The zero-order chi connectivity index (χ0) is 17.1. The number of likely N-dealkylation sites (tertiary alicyclic amines) is 1. The Labute approximate surface area is 140 Å². The van der Waals surface area contributed by atoms with Crippen LogP contribution < -0.4 is 0 Å². The number of hydrogen-bond donors (Lipinski definition) is 0. The topological polar surface area (TPSA) is 46.6 Å². The minimum absolute atomic E-state index is 0.0863. The van der Waals surface area contributed by atoms with Gasteiger partial charge in [0.25, 0.3) is 0 Å². The van der Waals surface area contributed by atoms with Crippen molar-refractivity contribution in [3.63, 3.8) is 0 Å². The molecule has 1 aliphatic carbocycles. The number of nitrogens with zero attached hydrogens (tertiary/aromatic N) is 1. The summed E-state index contributed by atoms with van der Waals surface area (Å²) in [5.41, 5.74) is -0.237. The Balaban J connectivity index is 2.08. The van der Waals surface area contributed by atoms with E-state index >= 15 is 0 Å². The molecule has 1 saturated heterocycles. The molecule has 132 valence electrons. The molecule has 1 heterocycles. The summed E-state index contributed by atoms with van der Waals surface area (Å²) in [6.45, 7) is 9.27. The van der Waals surface area contributed by atoms with E-state index in [0.29, 0.717) is 18.9 Å². The van der Waals surface area contributed by atoms with Gasteiger partial charge in [-0.25, -0.2) is 9.69 Å². The summed E-state index contributed by atoms with van der Waals surface area (Å²) in [5, 5.41) is 0. The summed E-state index contributed by atoms with van der Waals surface area (Å²) in [4.78, 5) is 25.6. The first-order valence-corrected chi connectivity index (χ1v) is 9.25. The van der Waals surface area contributed by atoms with E-state index in [0.717, 1.165) is 32.1 Å². The molecule has 2 fully saturated rings. The molecule has 1 saturated carbocycles. The van der Waals surface area contributed by atoms with Gasteiger partial charge in [0.1, 0.15) is 5.60 Å². The number of carbonyl (C=O) groups excluding carboxylic acids is 2. The molecular weight excluding hydrogens is 290 g/mol. The molecule has 1 atom stereocenters. The molecule has 4 heteroatoms. The fourth-order valence-corrected chi connectivity index (χ4v) is 3.77. The molecule has 0 spiro atoms. The van der Waals surface area contributed by atoms with Crippen molar-refractivity contribution >= 4 is 12.0 Å². The molecule has 2 amide bonds. The van der Waals surface area contributed by atoms with Crippen LogP contribution in [0, 0.1) is 11.3 Å². The van der Waals surface area contributed by atoms with Crippen molar-refractivity contribution in [1.29, 1.82) is 0 Å². The van der Waals surface area contributed by atoms with Crippen LogP contribution in [0.5, 0.6) is 0 Å². The van der Waals surface area contributed by atoms with E-state index in [1.807, 2.05) is 0 Å². The Kier molecular flexibility index (Phi) is 5.74. The van der Waals surface area contributed by atoms with Crippen molar-refractivity contribution < 1.29 is 14.3 Å². The predicted molar refractivity (Wildman–Crippen MR) is 91.1 cm³/mol. The monoisotopic (exact) mass is 323 g/mol. The van der Waals surface area contributed by atoms with Crippen LogP contribution in [-0.2, 0) is 9.53 Å². The van der Waals surface area contributed by atoms with Gasteiger partial charge in [0.2, 0.25) is 5.91 Å². The molecular formula is C19H33NO3. The van der Waals surface area contributed by atoms with Crippen molar-refractivity contribution in [3.05, 3.63) is 0 Å². The predicted octanol–water partition coefficient (Wildman–Crippen LogP) is 4.91. The Bertz CT molecular complexity index is 434. The molecule has 2 rings (SSSR count). The first-order valence-electron chi connectivity index (χ1n) is 9.25. The van der Waals surface area contributed by atoms with Crippen LogP contribution in [0.15, 0.2) is 0 Å². The number of imide groups is 1. The molecule has 0 N–H and O–H groups in total. The molecule has 4 nitrogen and oxygen atoms in total. The lowest BCUT2D eigenvalue weighted by atomic mass is 9.73. The van der Waals surface area contributed by atoms with Crippen molar-refractivity contribution in [2.24, 2.45) is 11.3 Å². The number of ether oxygens (including phenoxy) is 1. The molecule has 0 aromatic rings. The van der Waals surface area contributed by atoms with E-state index in [1.54, 1.807) is 0 Å². The van der Waals surface area contributed by atoms with Crippen LogP contribution >= 0.6 is 0 Å². The molecule has 23 heavy (non-hydrogen) atoms. The SMILES string of the molecule is CC(C)(C)CCC(C)(OC(=O)N1CCCC1=O)C1CCCCC1. The van der Waals surface area contributed by atoms with E-state index < -0.39 is 11.7 Å². The van der Waals surface area contributed by atoms with Gasteiger partial charge in [-0.05, 0) is 50.4 Å². The summed E-state index contributed by atoms with van der Waals surface area (Å²) >= 11 is 0. The van der Waals surface area contributed by atoms with Crippen LogP contribution in [0.4, 0.5) is 4.79 Å². The summed E-state index contributed by atoms with van der Waals surface area (Å²) in [5.74, 6) is 0.331. The number of amides is 2. The van der Waals surface area contributed by atoms with Gasteiger partial charge in [0.05, 0.1) is 0 Å². The van der Waals surface area contributed by atoms with Gasteiger partial charge in [-0.3, -0.25) is 4.79 Å². The fraction of sp³-hybridized carbons (Fsp3) is 0.895. The van der Waals surface area contributed by atoms with Gasteiger partial charge < -0.3 is 4.74 Å². The maximum absolute atomic E-state index is 12.5. The lowest BCUT2D eigenvalue weighted by Gasteiger charge is -2.41. The summed E-state index contributed by atoms with van der Waals surface area (Å²) in [6.07, 6.45) is 8.67. The van der Waals surface area contributed by atoms with E-state index in [1.165, 1.54) is 24.2 Å². The van der Waals surface area contributed by atoms with E-state index in [9.17, 15) is 9.59 Å². The van der Waals surface area contributed by atoms with Crippen LogP contribution in [0.3, 0.4) is 0 Å². The quantitative estimate of drug-likeness (QED) is 0.738. The molecule has 1 aliphatic heterocycles. The third-order valence-electron chi connectivity index (χ3n) is 5.45. The van der Waals surface area contributed by atoms with Gasteiger partial charge in [-0.1, -0.05) is 40.0 Å². The second kappa shape index (κ2) is 7.23. The molecule has 0 bridgehead atoms. The average molecular weight is 323 g/mol. The smallest absolute Gasteiger partial charge is 0.417 e. The van der Waals surface area contributed by atoms with E-state index in [4.69, 9.17) is 4.74 Å². The zero-order valence-electron chi connectivity index (χ0n) is 15.3. The summed E-state index contributed by atoms with van der Waals surface area (Å²) in [7, 11) is 0. The molecule has 0 radical (unpaired) electrons. The Hall–Kier alpha value is -1.06. The molecule has 0 aromatic carbocycles. The third kappa shape index (κ3) is 4.95. The molecule has 0 aromatic heterocycles. The largest absolute Gasteiger partial charge is 0.442 e. The zero-order valence-corrected chi connectivity index (χ0v) is 15.3. The Morgan fingerprint density at radius 2 is 1.74 bits per heavy atom. The number of carbonyl (C=O) groups is 2. The van der Waals surface area contributed by atoms with Crippen LogP contribution in [0.2, 0.25) is 0 Å². The van der Waals surface area contributed by atoms with Crippen LogP contribution in [0.25, 0.3) is 0 Å². The lowest BCUT2D eigenvalue weighted by Crippen LogP contribution is -2.45. The van der Waals surface area contributed by atoms with E-state index in [2.05, 4.69) is 27.7 Å². The number of hydrogen-bond acceptors (Lipinski definition) is 3. The average Bonchev–Trinajstić information content (AvgIpc) is 2.92. The normalized spacial score (nSPS) is 23.0.